The molecular formula is C14H12ClN3O4. The Hall–Kier alpha value is -2.41. The highest BCUT2D eigenvalue weighted by Gasteiger charge is 2.55. The highest BCUT2D eigenvalue weighted by molar-refractivity contribution is 6.46. The monoisotopic (exact) mass is 321 g/mol. The van der Waals surface area contributed by atoms with E-state index in [4.69, 9.17) is 11.6 Å². The summed E-state index contributed by atoms with van der Waals surface area (Å²) in [5.74, 6) is -2.69. The molecule has 2 aliphatic rings. The Balaban J connectivity index is 2.02. The van der Waals surface area contributed by atoms with E-state index in [0.29, 0.717) is 10.7 Å². The van der Waals surface area contributed by atoms with Crippen molar-refractivity contribution in [2.75, 3.05) is 12.0 Å². The van der Waals surface area contributed by atoms with Crippen LogP contribution >= 0.6 is 11.6 Å². The number of rotatable bonds is 2. The molecule has 8 heteroatoms. The van der Waals surface area contributed by atoms with E-state index in [2.05, 4.69) is 15.3 Å². The smallest absolute Gasteiger partial charge is 0.355 e. The predicted molar refractivity (Wildman–Crippen MR) is 78.5 cm³/mol. The molecule has 1 aromatic carbocycles. The number of methoxy groups -OCH3 is 1. The van der Waals surface area contributed by atoms with Gasteiger partial charge >= 0.3 is 5.97 Å². The van der Waals surface area contributed by atoms with E-state index in [0.717, 1.165) is 10.5 Å². The number of hydrogen-bond acceptors (Lipinski definition) is 6. The molecule has 7 nitrogen and oxygen atoms in total. The lowest BCUT2D eigenvalue weighted by atomic mass is 9.99. The number of nitrogens with zero attached hydrogens (tertiary/aromatic N) is 2. The summed E-state index contributed by atoms with van der Waals surface area (Å²) in [5, 5.41) is 4.17. The van der Waals surface area contributed by atoms with Crippen molar-refractivity contribution in [2.24, 2.45) is 11.0 Å². The zero-order valence-electron chi connectivity index (χ0n) is 11.8. The number of hydrazone groups is 1. The van der Waals surface area contributed by atoms with Gasteiger partial charge in [-0.2, -0.15) is 5.10 Å². The molecule has 1 aromatic rings. The maximum atomic E-state index is 12.6. The van der Waals surface area contributed by atoms with Crippen molar-refractivity contribution in [3.8, 4) is 0 Å². The van der Waals surface area contributed by atoms with Gasteiger partial charge in [0, 0.05) is 5.02 Å². The van der Waals surface area contributed by atoms with Crippen LogP contribution in [-0.2, 0) is 19.1 Å². The molecule has 0 unspecified atom stereocenters. The van der Waals surface area contributed by atoms with Gasteiger partial charge in [0.2, 0.25) is 5.91 Å². The second-order valence-electron chi connectivity index (χ2n) is 5.02. The molecule has 2 amide bonds. The van der Waals surface area contributed by atoms with Gasteiger partial charge in [-0.25, -0.2) is 9.69 Å². The molecule has 2 atom stereocenters. The van der Waals surface area contributed by atoms with Crippen LogP contribution in [0.15, 0.2) is 23.3 Å². The van der Waals surface area contributed by atoms with Gasteiger partial charge < -0.3 is 4.74 Å². The van der Waals surface area contributed by atoms with Gasteiger partial charge in [0.05, 0.1) is 12.8 Å². The molecule has 0 bridgehead atoms. The third-order valence-corrected chi connectivity index (χ3v) is 3.97. The second-order valence-corrected chi connectivity index (χ2v) is 5.45. The molecule has 3 rings (SSSR count). The Morgan fingerprint density at radius 2 is 2.09 bits per heavy atom. The van der Waals surface area contributed by atoms with Crippen molar-refractivity contribution >= 4 is 40.8 Å². The topological polar surface area (TPSA) is 88.1 Å². The Labute approximate surface area is 130 Å². The van der Waals surface area contributed by atoms with E-state index in [1.807, 2.05) is 0 Å². The van der Waals surface area contributed by atoms with Crippen LogP contribution in [0.1, 0.15) is 5.56 Å². The molecule has 0 spiro atoms. The number of amides is 2. The van der Waals surface area contributed by atoms with Gasteiger partial charge in [0.25, 0.3) is 5.91 Å². The summed E-state index contributed by atoms with van der Waals surface area (Å²) in [6, 6.07) is 4.05. The Morgan fingerprint density at radius 3 is 2.77 bits per heavy atom. The predicted octanol–water partition coefficient (Wildman–Crippen LogP) is 0.639. The lowest BCUT2D eigenvalue weighted by Crippen LogP contribution is -2.36. The fourth-order valence-electron chi connectivity index (χ4n) is 2.62. The number of fused-ring (bicyclic) bond motifs is 1. The van der Waals surface area contributed by atoms with Crippen LogP contribution < -0.4 is 10.3 Å². The van der Waals surface area contributed by atoms with Crippen molar-refractivity contribution in [1.29, 1.82) is 0 Å². The Bertz CT molecular complexity index is 731. The van der Waals surface area contributed by atoms with E-state index in [1.165, 1.54) is 7.11 Å². The number of anilines is 1. The first-order valence-corrected chi connectivity index (χ1v) is 6.89. The lowest BCUT2D eigenvalue weighted by Gasteiger charge is -2.18. The molecule has 1 fully saturated rings. The molecule has 2 aliphatic heterocycles. The van der Waals surface area contributed by atoms with Crippen molar-refractivity contribution in [2.45, 2.75) is 13.0 Å². The summed E-state index contributed by atoms with van der Waals surface area (Å²) in [4.78, 5) is 37.8. The second kappa shape index (κ2) is 5.10. The summed E-state index contributed by atoms with van der Waals surface area (Å²) in [6.07, 6.45) is 0. The number of imide groups is 1. The van der Waals surface area contributed by atoms with Crippen LogP contribution in [0, 0.1) is 12.8 Å². The van der Waals surface area contributed by atoms with Gasteiger partial charge in [-0.1, -0.05) is 17.7 Å². The average molecular weight is 322 g/mol. The van der Waals surface area contributed by atoms with E-state index >= 15 is 0 Å². The van der Waals surface area contributed by atoms with Crippen molar-refractivity contribution < 1.29 is 19.1 Å². The minimum atomic E-state index is -0.974. The van der Waals surface area contributed by atoms with Gasteiger partial charge in [-0.15, -0.1) is 0 Å². The molecule has 2 heterocycles. The van der Waals surface area contributed by atoms with Crippen LogP contribution in [0.25, 0.3) is 0 Å². The fraction of sp³-hybridized carbons (Fsp3) is 0.286. The standard InChI is InChI=1S/C14H12ClN3O4/c1-6-3-4-7(15)5-8(6)18-12(19)9-10(13(18)20)16-17-11(9)14(21)22-2/h3-5,9-10,16H,1-2H3/t9-,10+/m0/s1. The zero-order valence-corrected chi connectivity index (χ0v) is 12.5. The summed E-state index contributed by atoms with van der Waals surface area (Å²) in [5.41, 5.74) is 3.58. The van der Waals surface area contributed by atoms with Crippen LogP contribution in [0.5, 0.6) is 0 Å². The minimum absolute atomic E-state index is 0.0898. The minimum Gasteiger partial charge on any atom is -0.464 e. The molecule has 1 N–H and O–H groups in total. The summed E-state index contributed by atoms with van der Waals surface area (Å²) in [7, 11) is 1.19. The summed E-state index contributed by atoms with van der Waals surface area (Å²) >= 11 is 5.95. The van der Waals surface area contributed by atoms with Crippen molar-refractivity contribution in [3.05, 3.63) is 28.8 Å². The Kier molecular flexibility index (Phi) is 3.37. The molecule has 0 radical (unpaired) electrons. The van der Waals surface area contributed by atoms with Gasteiger partial charge in [-0.05, 0) is 24.6 Å². The molecule has 0 aromatic heterocycles. The largest absolute Gasteiger partial charge is 0.464 e. The zero-order chi connectivity index (χ0) is 16.0. The molecule has 114 valence electrons. The average Bonchev–Trinajstić information content (AvgIpc) is 3.03. The highest BCUT2D eigenvalue weighted by Crippen LogP contribution is 2.33. The van der Waals surface area contributed by atoms with Crippen LogP contribution in [0.3, 0.4) is 0 Å². The number of hydrogen-bond donors (Lipinski definition) is 1. The molecule has 0 saturated carbocycles. The van der Waals surface area contributed by atoms with E-state index in [-0.39, 0.29) is 5.71 Å². The normalized spacial score (nSPS) is 23.2. The highest BCUT2D eigenvalue weighted by atomic mass is 35.5. The number of esters is 1. The number of aryl methyl sites for hydroxylation is 1. The SMILES string of the molecule is COC(=O)C1=NN[C@H]2C(=O)N(c3cc(Cl)ccc3C)C(=O)[C@H]12. The van der Waals surface area contributed by atoms with Crippen molar-refractivity contribution in [3.63, 3.8) is 0 Å². The lowest BCUT2D eigenvalue weighted by molar-refractivity contribution is -0.133. The van der Waals surface area contributed by atoms with E-state index in [1.54, 1.807) is 25.1 Å². The van der Waals surface area contributed by atoms with Gasteiger partial charge in [0.15, 0.2) is 5.71 Å². The van der Waals surface area contributed by atoms with Crippen LogP contribution in [0.4, 0.5) is 5.69 Å². The summed E-state index contributed by atoms with van der Waals surface area (Å²) in [6.45, 7) is 1.77. The number of nitrogens with one attached hydrogen (secondary N) is 1. The molecule has 0 aliphatic carbocycles. The quantitative estimate of drug-likeness (QED) is 0.638. The first kappa shape index (κ1) is 14.5. The summed E-state index contributed by atoms with van der Waals surface area (Å²) < 4.78 is 4.60. The third-order valence-electron chi connectivity index (χ3n) is 3.73. The van der Waals surface area contributed by atoms with E-state index < -0.39 is 29.7 Å². The maximum absolute atomic E-state index is 12.6. The first-order valence-electron chi connectivity index (χ1n) is 6.51. The molecule has 22 heavy (non-hydrogen) atoms. The van der Waals surface area contributed by atoms with Gasteiger partial charge in [0.1, 0.15) is 12.0 Å². The van der Waals surface area contributed by atoms with Crippen molar-refractivity contribution in [1.82, 2.24) is 5.43 Å². The number of ether oxygens (including phenoxy) is 1. The first-order chi connectivity index (χ1) is 10.5. The van der Waals surface area contributed by atoms with E-state index in [9.17, 15) is 14.4 Å². The van der Waals surface area contributed by atoms with Crippen LogP contribution in [-0.4, -0.2) is 36.6 Å². The fourth-order valence-corrected chi connectivity index (χ4v) is 2.79. The number of carbonyl (C=O) groups excluding carboxylic acids is 3. The maximum Gasteiger partial charge on any atom is 0.355 e. The van der Waals surface area contributed by atoms with Gasteiger partial charge in [-0.3, -0.25) is 15.0 Å². The molecule has 1 saturated heterocycles. The number of halogens is 1. The van der Waals surface area contributed by atoms with Crippen LogP contribution in [0.2, 0.25) is 5.02 Å². The third kappa shape index (κ3) is 1.97. The number of carbonyl (C=O) groups is 3. The number of benzene rings is 1. The Morgan fingerprint density at radius 1 is 1.36 bits per heavy atom. The molecular weight excluding hydrogens is 310 g/mol.